The van der Waals surface area contributed by atoms with Crippen LogP contribution < -0.4 is 0 Å². The molecule has 2 saturated heterocycles. The standard InChI is InChI=1S/C24H28ClNO3/c1-17(2)20-14-24(16-28-22(20)18-8-4-3-5-9-18)15-26(12-13-29-24)23(27)19-10-6-7-11-21(19)25/h3-11,17,20,22H,12-16H2,1-2H3/t20-,22-,24-/m0/s1. The largest absolute Gasteiger partial charge is 0.370 e. The fourth-order valence-electron chi connectivity index (χ4n) is 4.57. The van der Waals surface area contributed by atoms with E-state index in [1.54, 1.807) is 12.1 Å². The Morgan fingerprint density at radius 2 is 1.86 bits per heavy atom. The van der Waals surface area contributed by atoms with Crippen LogP contribution in [-0.4, -0.2) is 42.7 Å². The number of carbonyl (C=O) groups is 1. The molecule has 0 radical (unpaired) electrons. The molecule has 3 atom stereocenters. The van der Waals surface area contributed by atoms with Crippen molar-refractivity contribution < 1.29 is 14.3 Å². The van der Waals surface area contributed by atoms with E-state index in [0.29, 0.717) is 48.7 Å². The van der Waals surface area contributed by atoms with Gasteiger partial charge in [0.25, 0.3) is 5.91 Å². The van der Waals surface area contributed by atoms with Crippen LogP contribution in [-0.2, 0) is 9.47 Å². The number of amides is 1. The molecule has 4 rings (SSSR count). The molecule has 0 aromatic heterocycles. The average Bonchev–Trinajstić information content (AvgIpc) is 2.74. The van der Waals surface area contributed by atoms with Crippen molar-refractivity contribution in [1.82, 2.24) is 4.90 Å². The normalized spacial score (nSPS) is 27.4. The van der Waals surface area contributed by atoms with Crippen LogP contribution >= 0.6 is 11.6 Å². The van der Waals surface area contributed by atoms with Crippen LogP contribution in [0.5, 0.6) is 0 Å². The van der Waals surface area contributed by atoms with Crippen LogP contribution in [0.25, 0.3) is 0 Å². The minimum absolute atomic E-state index is 0.0374. The van der Waals surface area contributed by atoms with E-state index in [4.69, 9.17) is 21.1 Å². The molecule has 0 N–H and O–H groups in total. The third-order valence-electron chi connectivity index (χ3n) is 6.15. The molecule has 4 nitrogen and oxygen atoms in total. The number of rotatable bonds is 3. The second kappa shape index (κ2) is 8.47. The van der Waals surface area contributed by atoms with Gasteiger partial charge in [0.05, 0.1) is 36.4 Å². The summed E-state index contributed by atoms with van der Waals surface area (Å²) in [5.41, 5.74) is 1.29. The van der Waals surface area contributed by atoms with Crippen LogP contribution in [0.1, 0.15) is 42.3 Å². The summed E-state index contributed by atoms with van der Waals surface area (Å²) in [7, 11) is 0. The lowest BCUT2D eigenvalue weighted by Gasteiger charge is -2.50. The molecule has 0 unspecified atom stereocenters. The van der Waals surface area contributed by atoms with Gasteiger partial charge in [-0.05, 0) is 36.0 Å². The van der Waals surface area contributed by atoms with E-state index in [9.17, 15) is 4.79 Å². The summed E-state index contributed by atoms with van der Waals surface area (Å²) < 4.78 is 12.7. The molecule has 0 saturated carbocycles. The molecule has 0 aliphatic carbocycles. The fourth-order valence-corrected chi connectivity index (χ4v) is 4.78. The first kappa shape index (κ1) is 20.4. The summed E-state index contributed by atoms with van der Waals surface area (Å²) in [5.74, 6) is 0.724. The molecule has 0 bridgehead atoms. The highest BCUT2D eigenvalue weighted by atomic mass is 35.5. The smallest absolute Gasteiger partial charge is 0.255 e. The summed E-state index contributed by atoms with van der Waals surface area (Å²) >= 11 is 6.26. The van der Waals surface area contributed by atoms with E-state index in [1.807, 2.05) is 23.1 Å². The first-order chi connectivity index (χ1) is 14.0. The summed E-state index contributed by atoms with van der Waals surface area (Å²) in [4.78, 5) is 15.0. The number of ether oxygens (including phenoxy) is 2. The molecular weight excluding hydrogens is 386 g/mol. The summed E-state index contributed by atoms with van der Waals surface area (Å²) in [6.07, 6.45) is 0.927. The van der Waals surface area contributed by atoms with Crippen molar-refractivity contribution in [2.45, 2.75) is 32.0 Å². The average molecular weight is 414 g/mol. The van der Waals surface area contributed by atoms with Gasteiger partial charge in [0.2, 0.25) is 0 Å². The maximum absolute atomic E-state index is 13.1. The summed E-state index contributed by atoms with van der Waals surface area (Å²) in [6, 6.07) is 17.6. The summed E-state index contributed by atoms with van der Waals surface area (Å²) in [5, 5.41) is 0.488. The lowest BCUT2D eigenvalue weighted by molar-refractivity contribution is -0.204. The number of carbonyl (C=O) groups excluding carboxylic acids is 1. The number of nitrogens with zero attached hydrogens (tertiary/aromatic N) is 1. The molecule has 29 heavy (non-hydrogen) atoms. The van der Waals surface area contributed by atoms with E-state index in [2.05, 4.69) is 38.1 Å². The SMILES string of the molecule is CC(C)[C@@H]1C[C@@]2(CO[C@H]1c1ccccc1)CN(C(=O)c1ccccc1Cl)CCO2. The van der Waals surface area contributed by atoms with E-state index in [1.165, 1.54) is 5.56 Å². The zero-order valence-corrected chi connectivity index (χ0v) is 17.8. The molecule has 2 aromatic rings. The molecule has 1 amide bonds. The number of hydrogen-bond acceptors (Lipinski definition) is 3. The van der Waals surface area contributed by atoms with Gasteiger partial charge in [-0.3, -0.25) is 4.79 Å². The van der Waals surface area contributed by atoms with Gasteiger partial charge in [0.15, 0.2) is 0 Å². The van der Waals surface area contributed by atoms with Crippen LogP contribution in [0.4, 0.5) is 0 Å². The van der Waals surface area contributed by atoms with Crippen LogP contribution in [0.2, 0.25) is 5.02 Å². The Bertz CT molecular complexity index is 856. The molecule has 2 aliphatic heterocycles. The number of halogens is 1. The van der Waals surface area contributed by atoms with Crippen LogP contribution in [0, 0.1) is 11.8 Å². The van der Waals surface area contributed by atoms with Crippen molar-refractivity contribution in [3.8, 4) is 0 Å². The van der Waals surface area contributed by atoms with Gasteiger partial charge >= 0.3 is 0 Å². The van der Waals surface area contributed by atoms with Gasteiger partial charge in [-0.2, -0.15) is 0 Å². The predicted molar refractivity (Wildman–Crippen MR) is 114 cm³/mol. The lowest BCUT2D eigenvalue weighted by atomic mass is 9.75. The Kier molecular flexibility index (Phi) is 5.95. The molecule has 5 heteroatoms. The molecule has 2 aromatic carbocycles. The van der Waals surface area contributed by atoms with Crippen molar-refractivity contribution in [2.24, 2.45) is 11.8 Å². The number of morpholine rings is 1. The van der Waals surface area contributed by atoms with Gasteiger partial charge in [-0.15, -0.1) is 0 Å². The molecular formula is C24H28ClNO3. The maximum atomic E-state index is 13.1. The van der Waals surface area contributed by atoms with E-state index in [-0.39, 0.29) is 12.0 Å². The lowest BCUT2D eigenvalue weighted by Crippen LogP contribution is -2.59. The van der Waals surface area contributed by atoms with Gasteiger partial charge < -0.3 is 14.4 Å². The number of hydrogen-bond donors (Lipinski definition) is 0. The van der Waals surface area contributed by atoms with Gasteiger partial charge in [-0.25, -0.2) is 0 Å². The van der Waals surface area contributed by atoms with E-state index in [0.717, 1.165) is 6.42 Å². The minimum Gasteiger partial charge on any atom is -0.370 e. The highest BCUT2D eigenvalue weighted by molar-refractivity contribution is 6.33. The van der Waals surface area contributed by atoms with E-state index < -0.39 is 5.60 Å². The zero-order chi connectivity index (χ0) is 20.4. The van der Waals surface area contributed by atoms with Crippen molar-refractivity contribution in [3.05, 3.63) is 70.7 Å². The maximum Gasteiger partial charge on any atom is 0.255 e. The second-order valence-corrected chi connectivity index (χ2v) is 8.90. The Hall–Kier alpha value is -1.88. The fraction of sp³-hybridized carbons (Fsp3) is 0.458. The topological polar surface area (TPSA) is 38.8 Å². The van der Waals surface area contributed by atoms with Crippen molar-refractivity contribution in [1.29, 1.82) is 0 Å². The van der Waals surface area contributed by atoms with Crippen molar-refractivity contribution in [3.63, 3.8) is 0 Å². The third kappa shape index (κ3) is 4.20. The monoisotopic (exact) mass is 413 g/mol. The predicted octanol–water partition coefficient (Wildman–Crippen LogP) is 4.99. The van der Waals surface area contributed by atoms with Crippen LogP contribution in [0.3, 0.4) is 0 Å². The first-order valence-electron chi connectivity index (χ1n) is 10.3. The molecule has 154 valence electrons. The molecule has 2 fully saturated rings. The molecule has 1 spiro atoms. The molecule has 2 aliphatic rings. The van der Waals surface area contributed by atoms with E-state index >= 15 is 0 Å². The van der Waals surface area contributed by atoms with Crippen LogP contribution in [0.15, 0.2) is 54.6 Å². The Morgan fingerprint density at radius 3 is 2.59 bits per heavy atom. The summed E-state index contributed by atoms with van der Waals surface area (Å²) in [6.45, 7) is 6.57. The second-order valence-electron chi connectivity index (χ2n) is 8.49. The quantitative estimate of drug-likeness (QED) is 0.711. The highest BCUT2D eigenvalue weighted by Crippen LogP contribution is 2.44. The Labute approximate surface area is 177 Å². The van der Waals surface area contributed by atoms with Gasteiger partial charge in [0, 0.05) is 6.54 Å². The third-order valence-corrected chi connectivity index (χ3v) is 6.48. The first-order valence-corrected chi connectivity index (χ1v) is 10.7. The minimum atomic E-state index is -0.463. The Morgan fingerprint density at radius 1 is 1.14 bits per heavy atom. The molecule has 2 heterocycles. The van der Waals surface area contributed by atoms with Gasteiger partial charge in [-0.1, -0.05) is 67.9 Å². The van der Waals surface area contributed by atoms with Crippen molar-refractivity contribution >= 4 is 17.5 Å². The highest BCUT2D eigenvalue weighted by Gasteiger charge is 2.47. The van der Waals surface area contributed by atoms with Crippen molar-refractivity contribution in [2.75, 3.05) is 26.3 Å². The Balaban J connectivity index is 1.54. The van der Waals surface area contributed by atoms with Gasteiger partial charge in [0.1, 0.15) is 5.60 Å². The number of benzene rings is 2. The zero-order valence-electron chi connectivity index (χ0n) is 17.0.